The summed E-state index contributed by atoms with van der Waals surface area (Å²) in [7, 11) is 0. The van der Waals surface area contributed by atoms with Crippen LogP contribution in [0.5, 0.6) is 0 Å². The van der Waals surface area contributed by atoms with Crippen molar-refractivity contribution in [2.75, 3.05) is 5.32 Å². The molecule has 0 fully saturated rings. The minimum atomic E-state index is -5.08. The molecule has 14 heteroatoms. The highest BCUT2D eigenvalue weighted by molar-refractivity contribution is 6.03. The molecule has 2 aromatic heterocycles. The monoisotopic (exact) mass is 512 g/mol. The second-order valence-corrected chi connectivity index (χ2v) is 8.01. The summed E-state index contributed by atoms with van der Waals surface area (Å²) in [5, 5.41) is 17.8. The Morgan fingerprint density at radius 3 is 2.58 bits per heavy atom. The van der Waals surface area contributed by atoms with Gasteiger partial charge in [0.15, 0.2) is 5.69 Å². The molecule has 1 aliphatic rings. The summed E-state index contributed by atoms with van der Waals surface area (Å²) in [6.07, 6.45) is -1.01. The molecule has 192 valence electrons. The number of fused-ring (bicyclic) bond motifs is 1. The fourth-order valence-electron chi connectivity index (χ4n) is 3.44. The molecular formula is C22H21F5N6O3. The van der Waals surface area contributed by atoms with Crippen LogP contribution < -0.4 is 11.1 Å². The number of hydrogen-bond acceptors (Lipinski definition) is 6. The molecule has 1 atom stereocenters. The average Bonchev–Trinajstić information content (AvgIpc) is 3.15. The second kappa shape index (κ2) is 10.8. The van der Waals surface area contributed by atoms with Gasteiger partial charge in [-0.1, -0.05) is 11.3 Å². The number of carbonyl (C=O) groups excluding carboxylic acids is 1. The Balaban J connectivity index is 0.000000454. The van der Waals surface area contributed by atoms with Crippen molar-refractivity contribution < 1.29 is 36.6 Å². The number of nitrogens with one attached hydrogen (secondary N) is 1. The van der Waals surface area contributed by atoms with E-state index in [0.717, 1.165) is 36.6 Å². The summed E-state index contributed by atoms with van der Waals surface area (Å²) in [6, 6.07) is 5.31. The van der Waals surface area contributed by atoms with E-state index < -0.39 is 29.7 Å². The van der Waals surface area contributed by atoms with Crippen molar-refractivity contribution in [2.45, 2.75) is 44.9 Å². The third-order valence-electron chi connectivity index (χ3n) is 5.33. The van der Waals surface area contributed by atoms with Gasteiger partial charge in [0.25, 0.3) is 5.91 Å². The second-order valence-electron chi connectivity index (χ2n) is 8.01. The fraction of sp³-hybridized carbons (Fsp3) is 0.318. The number of aliphatic carboxylic acids is 1. The normalized spacial score (nSPS) is 14.9. The molecule has 36 heavy (non-hydrogen) atoms. The number of benzene rings is 1. The minimum absolute atomic E-state index is 0.0382. The average molecular weight is 512 g/mol. The van der Waals surface area contributed by atoms with E-state index in [9.17, 15) is 26.7 Å². The summed E-state index contributed by atoms with van der Waals surface area (Å²) in [6.45, 7) is 1.71. The maximum absolute atomic E-state index is 13.9. The van der Waals surface area contributed by atoms with Crippen LogP contribution in [0.4, 0.5) is 27.6 Å². The topological polar surface area (TPSA) is 136 Å². The van der Waals surface area contributed by atoms with Crippen molar-refractivity contribution in [3.8, 4) is 0 Å². The number of rotatable bonds is 4. The number of alkyl halides is 3. The minimum Gasteiger partial charge on any atom is -0.475 e. The predicted octanol–water partition coefficient (Wildman–Crippen LogP) is 3.01. The van der Waals surface area contributed by atoms with Crippen LogP contribution in [-0.4, -0.2) is 49.2 Å². The zero-order valence-corrected chi connectivity index (χ0v) is 18.8. The molecule has 9 nitrogen and oxygen atoms in total. The largest absolute Gasteiger partial charge is 0.490 e. The van der Waals surface area contributed by atoms with Crippen LogP contribution in [-0.2, 0) is 24.2 Å². The van der Waals surface area contributed by atoms with Crippen molar-refractivity contribution >= 4 is 17.6 Å². The van der Waals surface area contributed by atoms with Crippen LogP contribution in [0.3, 0.4) is 0 Å². The Labute approximate surface area is 201 Å². The summed E-state index contributed by atoms with van der Waals surface area (Å²) in [5.41, 5.74) is 9.46. The van der Waals surface area contributed by atoms with E-state index in [1.165, 1.54) is 16.8 Å². The molecular weight excluding hydrogens is 491 g/mol. The first kappa shape index (κ1) is 26.7. The molecule has 0 aliphatic heterocycles. The summed E-state index contributed by atoms with van der Waals surface area (Å²) in [4.78, 5) is 26.0. The van der Waals surface area contributed by atoms with Gasteiger partial charge in [0.1, 0.15) is 11.6 Å². The van der Waals surface area contributed by atoms with E-state index in [-0.39, 0.29) is 23.8 Å². The number of carboxylic acids is 1. The Kier molecular flexibility index (Phi) is 7.97. The first-order chi connectivity index (χ1) is 16.8. The molecule has 0 spiro atoms. The van der Waals surface area contributed by atoms with Gasteiger partial charge < -0.3 is 16.2 Å². The summed E-state index contributed by atoms with van der Waals surface area (Å²) < 4.78 is 60.1. The molecule has 1 aliphatic carbocycles. The quantitative estimate of drug-likeness (QED) is 0.457. The number of halogens is 5. The van der Waals surface area contributed by atoms with Gasteiger partial charge in [-0.25, -0.2) is 18.3 Å². The molecule has 3 aromatic rings. The van der Waals surface area contributed by atoms with Gasteiger partial charge in [-0.3, -0.25) is 9.78 Å². The zero-order valence-electron chi connectivity index (χ0n) is 18.8. The number of nitrogens with zero attached hydrogens (tertiary/aromatic N) is 4. The van der Waals surface area contributed by atoms with Crippen LogP contribution in [0.1, 0.15) is 39.4 Å². The smallest absolute Gasteiger partial charge is 0.475 e. The van der Waals surface area contributed by atoms with Gasteiger partial charge >= 0.3 is 12.1 Å². The number of pyridine rings is 1. The van der Waals surface area contributed by atoms with Gasteiger partial charge in [0.2, 0.25) is 0 Å². The lowest BCUT2D eigenvalue weighted by molar-refractivity contribution is -0.192. The van der Waals surface area contributed by atoms with Gasteiger partial charge in [-0.2, -0.15) is 13.2 Å². The third kappa shape index (κ3) is 6.59. The molecule has 1 aromatic carbocycles. The molecule has 0 saturated heterocycles. The first-order valence-electron chi connectivity index (χ1n) is 10.5. The van der Waals surface area contributed by atoms with Crippen molar-refractivity contribution in [2.24, 2.45) is 5.73 Å². The number of aromatic nitrogens is 4. The summed E-state index contributed by atoms with van der Waals surface area (Å²) in [5.74, 6) is -4.52. The van der Waals surface area contributed by atoms with Crippen molar-refractivity contribution in [1.29, 1.82) is 0 Å². The number of hydrogen-bond donors (Lipinski definition) is 3. The summed E-state index contributed by atoms with van der Waals surface area (Å²) >= 11 is 0. The molecule has 1 unspecified atom stereocenters. The number of carbonyl (C=O) groups is 2. The lowest BCUT2D eigenvalue weighted by Gasteiger charge is -2.21. The molecule has 0 radical (unpaired) electrons. The van der Waals surface area contributed by atoms with E-state index in [1.807, 2.05) is 6.07 Å². The standard InChI is InChI=1S/C20H20F2N6O.C2HF3O2/c1-11-19(26-27-28(11)10-12-2-3-14(21)8-17(12)22)20(29)25-16-7-13-6-15(23)4-5-18(13)24-9-16;3-2(4,5)1(6)7/h2-3,7-9,15H,4-6,10,23H2,1H3,(H,25,29);(H,6,7). The molecule has 1 amide bonds. The van der Waals surface area contributed by atoms with E-state index in [1.54, 1.807) is 13.1 Å². The number of anilines is 1. The Morgan fingerprint density at radius 1 is 1.25 bits per heavy atom. The van der Waals surface area contributed by atoms with Gasteiger partial charge in [0.05, 0.1) is 24.1 Å². The van der Waals surface area contributed by atoms with E-state index in [2.05, 4.69) is 20.6 Å². The highest BCUT2D eigenvalue weighted by Crippen LogP contribution is 2.22. The van der Waals surface area contributed by atoms with E-state index in [0.29, 0.717) is 11.4 Å². The number of amides is 1. The van der Waals surface area contributed by atoms with Crippen molar-refractivity contribution in [1.82, 2.24) is 20.0 Å². The van der Waals surface area contributed by atoms with Crippen LogP contribution >= 0.6 is 0 Å². The first-order valence-corrected chi connectivity index (χ1v) is 10.5. The predicted molar refractivity (Wildman–Crippen MR) is 116 cm³/mol. The van der Waals surface area contributed by atoms with Gasteiger partial charge in [0, 0.05) is 23.4 Å². The molecule has 0 bridgehead atoms. The van der Waals surface area contributed by atoms with E-state index in [4.69, 9.17) is 15.6 Å². The zero-order chi connectivity index (χ0) is 26.6. The van der Waals surface area contributed by atoms with Crippen LogP contribution in [0.25, 0.3) is 0 Å². The van der Waals surface area contributed by atoms with Crippen LogP contribution in [0.2, 0.25) is 0 Å². The Morgan fingerprint density at radius 2 is 1.94 bits per heavy atom. The Bertz CT molecular complexity index is 1280. The fourth-order valence-corrected chi connectivity index (χ4v) is 3.44. The van der Waals surface area contributed by atoms with Crippen LogP contribution in [0.15, 0.2) is 30.5 Å². The molecule has 2 heterocycles. The van der Waals surface area contributed by atoms with Gasteiger partial charge in [-0.15, -0.1) is 5.10 Å². The SMILES string of the molecule is Cc1c(C(=O)Nc2cnc3c(c2)CC(N)CC3)nnn1Cc1ccc(F)cc1F.O=C(O)C(F)(F)F. The van der Waals surface area contributed by atoms with Crippen molar-refractivity contribution in [3.05, 3.63) is 70.3 Å². The highest BCUT2D eigenvalue weighted by atomic mass is 19.4. The van der Waals surface area contributed by atoms with E-state index >= 15 is 0 Å². The molecule has 4 rings (SSSR count). The Hall–Kier alpha value is -3.94. The third-order valence-corrected chi connectivity index (χ3v) is 5.33. The maximum Gasteiger partial charge on any atom is 0.490 e. The molecule has 4 N–H and O–H groups in total. The molecule has 0 saturated carbocycles. The lowest BCUT2D eigenvalue weighted by atomic mass is 9.92. The van der Waals surface area contributed by atoms with Crippen molar-refractivity contribution in [3.63, 3.8) is 0 Å². The van der Waals surface area contributed by atoms with Gasteiger partial charge in [-0.05, 0) is 43.9 Å². The maximum atomic E-state index is 13.9. The number of nitrogens with two attached hydrogens (primary N) is 1. The van der Waals surface area contributed by atoms with Crippen LogP contribution in [0, 0.1) is 18.6 Å². The highest BCUT2D eigenvalue weighted by Gasteiger charge is 2.38. The number of carboxylic acid groups (broad SMARTS) is 1. The lowest BCUT2D eigenvalue weighted by Crippen LogP contribution is -2.28. The number of aryl methyl sites for hydroxylation is 1.